The number of likely N-dealkylation sites (tertiary alicyclic amines) is 1. The molecule has 0 aromatic rings. The Morgan fingerprint density at radius 2 is 1.57 bits per heavy atom. The number of hydrogen-bond acceptors (Lipinski definition) is 1. The molecule has 0 amide bonds. The Labute approximate surface area is 89.9 Å². The van der Waals surface area contributed by atoms with E-state index in [1.807, 2.05) is 0 Å². The van der Waals surface area contributed by atoms with Crippen molar-refractivity contribution < 1.29 is 0 Å². The van der Waals surface area contributed by atoms with Crippen molar-refractivity contribution in [2.45, 2.75) is 64.8 Å². The van der Waals surface area contributed by atoms with Crippen LogP contribution in [0, 0.1) is 11.6 Å². The van der Waals surface area contributed by atoms with Crippen molar-refractivity contribution in [1.29, 1.82) is 0 Å². The molecule has 14 heavy (non-hydrogen) atoms. The monoisotopic (exact) mass is 209 g/mol. The van der Waals surface area contributed by atoms with E-state index in [1.54, 1.807) is 0 Å². The quantitative estimate of drug-likeness (QED) is 0.438. The average Bonchev–Trinajstić information content (AvgIpc) is 2.01. The predicted molar refractivity (Wildman–Crippen MR) is 65.7 cm³/mol. The van der Waals surface area contributed by atoms with E-state index in [9.17, 15) is 0 Å². The Balaban J connectivity index is 2.68. The third kappa shape index (κ3) is 3.38. The molecule has 2 atom stereocenters. The Hall–Kier alpha value is -0.423. The molecule has 0 aromatic heterocycles. The van der Waals surface area contributed by atoms with Crippen LogP contribution in [0.4, 0.5) is 0 Å². The van der Waals surface area contributed by atoms with Gasteiger partial charge in [-0.2, -0.15) is 0 Å². The fraction of sp³-hybridized carbons (Fsp3) is 0.833. The van der Waals surface area contributed by atoms with E-state index in [0.717, 1.165) is 0 Å². The highest BCUT2D eigenvalue weighted by molar-refractivity contribution is 6.83. The number of piperidine rings is 1. The van der Waals surface area contributed by atoms with Crippen LogP contribution in [0.2, 0.25) is 19.6 Å². The van der Waals surface area contributed by atoms with Crippen molar-refractivity contribution in [3.63, 3.8) is 0 Å². The maximum absolute atomic E-state index is 3.47. The van der Waals surface area contributed by atoms with Crippen molar-refractivity contribution in [1.82, 2.24) is 4.90 Å². The highest BCUT2D eigenvalue weighted by atomic mass is 28.3. The van der Waals surface area contributed by atoms with Crippen LogP contribution in [0.3, 0.4) is 0 Å². The van der Waals surface area contributed by atoms with E-state index >= 15 is 0 Å². The molecule has 0 aromatic carbocycles. The molecular weight excluding hydrogens is 186 g/mol. The average molecular weight is 209 g/mol. The van der Waals surface area contributed by atoms with Crippen molar-refractivity contribution in [3.8, 4) is 11.6 Å². The molecule has 1 rings (SSSR count). The fourth-order valence-electron chi connectivity index (χ4n) is 1.87. The van der Waals surface area contributed by atoms with E-state index < -0.39 is 8.07 Å². The minimum absolute atomic E-state index is 0.655. The molecule has 1 saturated heterocycles. The summed E-state index contributed by atoms with van der Waals surface area (Å²) >= 11 is 0. The fourth-order valence-corrected chi connectivity index (χ4v) is 2.34. The standard InChI is InChI=1S/C12H23NSi/c1-11-7-6-8-12(2)13(11)9-10-14(3,4)5/h11-12H,6-8H2,1-5H3. The number of nitrogens with zero attached hydrogens (tertiary/aromatic N) is 1. The molecule has 80 valence electrons. The van der Waals surface area contributed by atoms with E-state index in [1.165, 1.54) is 19.3 Å². The minimum atomic E-state index is -1.20. The molecule has 1 fully saturated rings. The van der Waals surface area contributed by atoms with Gasteiger partial charge in [0.2, 0.25) is 0 Å². The van der Waals surface area contributed by atoms with E-state index in [4.69, 9.17) is 0 Å². The first-order valence-electron chi connectivity index (χ1n) is 5.71. The largest absolute Gasteiger partial charge is 0.328 e. The van der Waals surface area contributed by atoms with E-state index in [2.05, 4.69) is 50.0 Å². The summed E-state index contributed by atoms with van der Waals surface area (Å²) in [5.41, 5.74) is 3.47. The van der Waals surface area contributed by atoms with Crippen LogP contribution < -0.4 is 0 Å². The van der Waals surface area contributed by atoms with Gasteiger partial charge in [-0.1, -0.05) is 19.6 Å². The molecule has 0 bridgehead atoms. The first-order chi connectivity index (χ1) is 6.40. The molecule has 1 aliphatic heterocycles. The van der Waals surface area contributed by atoms with Gasteiger partial charge in [0.25, 0.3) is 0 Å². The maximum atomic E-state index is 3.47. The summed E-state index contributed by atoms with van der Waals surface area (Å²) in [6.45, 7) is 11.5. The summed E-state index contributed by atoms with van der Waals surface area (Å²) in [5, 5.41) is 0. The third-order valence-electron chi connectivity index (χ3n) is 2.75. The molecule has 0 spiro atoms. The number of hydrogen-bond donors (Lipinski definition) is 0. The molecule has 1 heterocycles. The van der Waals surface area contributed by atoms with Gasteiger partial charge in [-0.3, -0.25) is 0 Å². The Morgan fingerprint density at radius 1 is 1.07 bits per heavy atom. The molecular formula is C12H23NSi. The van der Waals surface area contributed by atoms with Gasteiger partial charge in [-0.25, -0.2) is 0 Å². The molecule has 2 heteroatoms. The van der Waals surface area contributed by atoms with Gasteiger partial charge in [-0.15, -0.1) is 5.54 Å². The summed E-state index contributed by atoms with van der Waals surface area (Å²) in [6, 6.07) is 4.72. The normalized spacial score (nSPS) is 28.2. The van der Waals surface area contributed by atoms with E-state index in [0.29, 0.717) is 12.1 Å². The van der Waals surface area contributed by atoms with Crippen LogP contribution in [0.25, 0.3) is 0 Å². The summed E-state index contributed by atoms with van der Waals surface area (Å²) in [5.74, 6) is 0. The third-order valence-corrected chi connectivity index (χ3v) is 3.62. The maximum Gasteiger partial charge on any atom is 0.131 e. The molecule has 0 saturated carbocycles. The van der Waals surface area contributed by atoms with Gasteiger partial charge < -0.3 is 4.90 Å². The van der Waals surface area contributed by atoms with Gasteiger partial charge in [0.05, 0.1) is 0 Å². The van der Waals surface area contributed by atoms with Crippen LogP contribution in [0.5, 0.6) is 0 Å². The summed E-state index contributed by atoms with van der Waals surface area (Å²) in [6.07, 6.45) is 3.99. The summed E-state index contributed by atoms with van der Waals surface area (Å²) in [7, 11) is -1.20. The summed E-state index contributed by atoms with van der Waals surface area (Å²) in [4.78, 5) is 2.38. The second-order valence-corrected chi connectivity index (χ2v) is 10.3. The minimum Gasteiger partial charge on any atom is -0.328 e. The second-order valence-electron chi connectivity index (χ2n) is 5.52. The highest BCUT2D eigenvalue weighted by Gasteiger charge is 2.22. The van der Waals surface area contributed by atoms with Crippen LogP contribution >= 0.6 is 0 Å². The second kappa shape index (κ2) is 4.40. The van der Waals surface area contributed by atoms with Gasteiger partial charge in [0.15, 0.2) is 0 Å². The Bertz CT molecular complexity index is 233. The lowest BCUT2D eigenvalue weighted by molar-refractivity contribution is 0.178. The lowest BCUT2D eigenvalue weighted by Gasteiger charge is -2.36. The van der Waals surface area contributed by atoms with Crippen LogP contribution in [0.1, 0.15) is 33.1 Å². The van der Waals surface area contributed by atoms with E-state index in [-0.39, 0.29) is 0 Å². The van der Waals surface area contributed by atoms with Crippen molar-refractivity contribution in [3.05, 3.63) is 0 Å². The first-order valence-corrected chi connectivity index (χ1v) is 9.21. The van der Waals surface area contributed by atoms with Gasteiger partial charge in [0.1, 0.15) is 8.07 Å². The van der Waals surface area contributed by atoms with Crippen LogP contribution in [-0.2, 0) is 0 Å². The zero-order valence-electron chi connectivity index (χ0n) is 10.2. The Morgan fingerprint density at radius 3 is 2.00 bits per heavy atom. The molecule has 0 N–H and O–H groups in total. The van der Waals surface area contributed by atoms with Gasteiger partial charge in [-0.05, 0) is 33.1 Å². The summed E-state index contributed by atoms with van der Waals surface area (Å²) < 4.78 is 0. The zero-order chi connectivity index (χ0) is 10.8. The van der Waals surface area contributed by atoms with Crippen molar-refractivity contribution in [2.24, 2.45) is 0 Å². The molecule has 0 radical (unpaired) electrons. The van der Waals surface area contributed by atoms with Crippen molar-refractivity contribution in [2.75, 3.05) is 0 Å². The first kappa shape index (κ1) is 11.7. The van der Waals surface area contributed by atoms with Gasteiger partial charge in [0, 0.05) is 18.1 Å². The SMILES string of the molecule is CC1CCCC(C)N1C#C[Si](C)(C)C. The topological polar surface area (TPSA) is 3.24 Å². The van der Waals surface area contributed by atoms with Crippen molar-refractivity contribution >= 4 is 8.07 Å². The number of rotatable bonds is 0. The van der Waals surface area contributed by atoms with Crippen LogP contribution in [0.15, 0.2) is 0 Å². The lowest BCUT2D eigenvalue weighted by Crippen LogP contribution is -2.40. The predicted octanol–water partition coefficient (Wildman–Crippen LogP) is 3.09. The zero-order valence-corrected chi connectivity index (χ0v) is 11.2. The highest BCUT2D eigenvalue weighted by Crippen LogP contribution is 2.21. The molecule has 1 nitrogen and oxygen atoms in total. The Kier molecular flexibility index (Phi) is 3.66. The lowest BCUT2D eigenvalue weighted by atomic mass is 9.98. The van der Waals surface area contributed by atoms with Gasteiger partial charge >= 0.3 is 0 Å². The molecule has 2 unspecified atom stereocenters. The van der Waals surface area contributed by atoms with Crippen LogP contribution in [-0.4, -0.2) is 25.1 Å². The molecule has 0 aliphatic carbocycles. The molecule has 1 aliphatic rings. The smallest absolute Gasteiger partial charge is 0.131 e.